The number of benzene rings is 2. The molecular weight excluding hydrogens is 332 g/mol. The number of hydrogen-bond acceptors (Lipinski definition) is 2. The van der Waals surface area contributed by atoms with Crippen LogP contribution in [-0.4, -0.2) is 23.0 Å². The van der Waals surface area contributed by atoms with Gasteiger partial charge in [0.15, 0.2) is 5.43 Å². The van der Waals surface area contributed by atoms with Gasteiger partial charge in [0.25, 0.3) is 0 Å². The maximum atomic E-state index is 13.2. The zero-order valence-corrected chi connectivity index (χ0v) is 14.9. The van der Waals surface area contributed by atoms with Gasteiger partial charge in [-0.3, -0.25) is 9.69 Å². The van der Waals surface area contributed by atoms with Gasteiger partial charge < -0.3 is 4.98 Å². The summed E-state index contributed by atoms with van der Waals surface area (Å²) in [5.41, 5.74) is 3.72. The molecule has 1 aromatic heterocycles. The Morgan fingerprint density at radius 2 is 1.76 bits per heavy atom. The zero-order chi connectivity index (χ0) is 17.2. The molecule has 3 nitrogen and oxygen atoms in total. The Morgan fingerprint density at radius 3 is 2.52 bits per heavy atom. The van der Waals surface area contributed by atoms with E-state index in [1.54, 1.807) is 6.07 Å². The number of fused-ring (bicyclic) bond motifs is 1. The maximum absolute atomic E-state index is 13.2. The van der Waals surface area contributed by atoms with E-state index < -0.39 is 0 Å². The second-order valence-electron chi connectivity index (χ2n) is 6.70. The summed E-state index contributed by atoms with van der Waals surface area (Å²) >= 11 is 6.13. The highest BCUT2D eigenvalue weighted by molar-refractivity contribution is 6.31. The molecule has 0 atom stereocenters. The van der Waals surface area contributed by atoms with E-state index in [2.05, 4.69) is 9.88 Å². The topological polar surface area (TPSA) is 36.1 Å². The molecular formula is C21H21ClN2O. The molecule has 1 fully saturated rings. The standard InChI is InChI=1S/C21H21ClN2O/c22-16-9-10-19-17(13-16)21(25)18(14-24-11-5-2-6-12-24)20(23-19)15-7-3-1-4-8-15/h1,3-4,7-10,13H,2,5-6,11-12,14H2,(H,23,25). The summed E-state index contributed by atoms with van der Waals surface area (Å²) in [7, 11) is 0. The van der Waals surface area contributed by atoms with Crippen LogP contribution in [0.3, 0.4) is 0 Å². The molecule has 4 rings (SSSR count). The monoisotopic (exact) mass is 352 g/mol. The molecule has 4 heteroatoms. The maximum Gasteiger partial charge on any atom is 0.194 e. The quantitative estimate of drug-likeness (QED) is 0.732. The lowest BCUT2D eigenvalue weighted by atomic mass is 10.0. The van der Waals surface area contributed by atoms with Crippen LogP contribution in [0.1, 0.15) is 24.8 Å². The Kier molecular flexibility index (Phi) is 4.60. The largest absolute Gasteiger partial charge is 0.354 e. The highest BCUT2D eigenvalue weighted by atomic mass is 35.5. The molecule has 2 aromatic carbocycles. The van der Waals surface area contributed by atoms with Gasteiger partial charge in [-0.25, -0.2) is 0 Å². The van der Waals surface area contributed by atoms with Crippen molar-refractivity contribution >= 4 is 22.5 Å². The molecule has 1 aliphatic heterocycles. The Bertz CT molecular complexity index is 943. The number of hydrogen-bond donors (Lipinski definition) is 1. The Hall–Kier alpha value is -2.10. The van der Waals surface area contributed by atoms with E-state index in [4.69, 9.17) is 11.6 Å². The van der Waals surface area contributed by atoms with Crippen molar-refractivity contribution in [3.8, 4) is 11.3 Å². The van der Waals surface area contributed by atoms with Crippen molar-refractivity contribution in [3.05, 3.63) is 69.3 Å². The lowest BCUT2D eigenvalue weighted by molar-refractivity contribution is 0.220. The van der Waals surface area contributed by atoms with Crippen LogP contribution in [0.2, 0.25) is 5.02 Å². The molecule has 25 heavy (non-hydrogen) atoms. The van der Waals surface area contributed by atoms with E-state index in [0.717, 1.165) is 35.4 Å². The van der Waals surface area contributed by atoms with E-state index in [1.807, 2.05) is 42.5 Å². The fourth-order valence-electron chi connectivity index (χ4n) is 3.64. The van der Waals surface area contributed by atoms with Crippen molar-refractivity contribution in [2.45, 2.75) is 25.8 Å². The van der Waals surface area contributed by atoms with Gasteiger partial charge in [-0.15, -0.1) is 0 Å². The van der Waals surface area contributed by atoms with Crippen molar-refractivity contribution < 1.29 is 0 Å². The first-order chi connectivity index (χ1) is 12.2. The molecule has 128 valence electrons. The number of nitrogens with one attached hydrogen (secondary N) is 1. The van der Waals surface area contributed by atoms with Gasteiger partial charge in [0.2, 0.25) is 0 Å². The second-order valence-corrected chi connectivity index (χ2v) is 7.14. The van der Waals surface area contributed by atoms with E-state index in [1.165, 1.54) is 19.3 Å². The van der Waals surface area contributed by atoms with Gasteiger partial charge in [-0.1, -0.05) is 48.4 Å². The summed E-state index contributed by atoms with van der Waals surface area (Å²) in [6.45, 7) is 2.80. The van der Waals surface area contributed by atoms with Gasteiger partial charge in [0.05, 0.1) is 5.69 Å². The summed E-state index contributed by atoms with van der Waals surface area (Å²) in [5, 5.41) is 1.26. The smallest absolute Gasteiger partial charge is 0.194 e. The second kappa shape index (κ2) is 7.03. The van der Waals surface area contributed by atoms with Crippen LogP contribution in [0, 0.1) is 0 Å². The summed E-state index contributed by atoms with van der Waals surface area (Å²) in [5.74, 6) is 0. The van der Waals surface area contributed by atoms with Crippen LogP contribution in [0.5, 0.6) is 0 Å². The van der Waals surface area contributed by atoms with Crippen LogP contribution in [-0.2, 0) is 6.54 Å². The summed E-state index contributed by atoms with van der Waals surface area (Å²) < 4.78 is 0. The number of pyridine rings is 1. The third-order valence-electron chi connectivity index (χ3n) is 4.95. The minimum atomic E-state index is 0.0840. The molecule has 0 amide bonds. The van der Waals surface area contributed by atoms with Crippen molar-refractivity contribution in [2.75, 3.05) is 13.1 Å². The van der Waals surface area contributed by atoms with Crippen LogP contribution >= 0.6 is 11.6 Å². The van der Waals surface area contributed by atoms with E-state index in [-0.39, 0.29) is 5.43 Å². The van der Waals surface area contributed by atoms with Gasteiger partial charge >= 0.3 is 0 Å². The van der Waals surface area contributed by atoms with Crippen LogP contribution in [0.4, 0.5) is 0 Å². The highest BCUT2D eigenvalue weighted by Gasteiger charge is 2.18. The van der Waals surface area contributed by atoms with Gasteiger partial charge in [0.1, 0.15) is 0 Å². The normalized spacial score (nSPS) is 15.6. The predicted molar refractivity (Wildman–Crippen MR) is 104 cm³/mol. The summed E-state index contributed by atoms with van der Waals surface area (Å²) in [6.07, 6.45) is 3.70. The SMILES string of the molecule is O=c1c(CN2CCCCC2)c(-c2ccccc2)[nH]c2ccc(Cl)cc12. The minimum Gasteiger partial charge on any atom is -0.354 e. The number of aromatic amines is 1. The third kappa shape index (κ3) is 3.35. The molecule has 2 heterocycles. The Labute approximate surface area is 152 Å². The summed E-state index contributed by atoms with van der Waals surface area (Å²) in [6, 6.07) is 15.6. The van der Waals surface area contributed by atoms with Crippen molar-refractivity contribution in [1.82, 2.24) is 9.88 Å². The number of rotatable bonds is 3. The van der Waals surface area contributed by atoms with Crippen molar-refractivity contribution in [1.29, 1.82) is 0 Å². The number of H-pyrrole nitrogens is 1. The number of halogens is 1. The zero-order valence-electron chi connectivity index (χ0n) is 14.1. The molecule has 0 unspecified atom stereocenters. The van der Waals surface area contributed by atoms with E-state index in [9.17, 15) is 4.79 Å². The Morgan fingerprint density at radius 1 is 1.00 bits per heavy atom. The van der Waals surface area contributed by atoms with Gasteiger partial charge in [0, 0.05) is 28.0 Å². The van der Waals surface area contributed by atoms with Gasteiger partial charge in [-0.2, -0.15) is 0 Å². The predicted octanol–water partition coefficient (Wildman–Crippen LogP) is 4.83. The van der Waals surface area contributed by atoms with Crippen LogP contribution < -0.4 is 5.43 Å². The molecule has 0 bridgehead atoms. The number of likely N-dealkylation sites (tertiary alicyclic amines) is 1. The fourth-order valence-corrected chi connectivity index (χ4v) is 3.81. The molecule has 0 spiro atoms. The molecule has 3 aromatic rings. The lowest BCUT2D eigenvalue weighted by Gasteiger charge is -2.27. The first-order valence-electron chi connectivity index (χ1n) is 8.84. The van der Waals surface area contributed by atoms with E-state index in [0.29, 0.717) is 17.0 Å². The first kappa shape index (κ1) is 16.4. The van der Waals surface area contributed by atoms with E-state index >= 15 is 0 Å². The highest BCUT2D eigenvalue weighted by Crippen LogP contribution is 2.25. The summed E-state index contributed by atoms with van der Waals surface area (Å²) in [4.78, 5) is 19.1. The molecule has 0 aliphatic carbocycles. The van der Waals surface area contributed by atoms with Crippen molar-refractivity contribution in [3.63, 3.8) is 0 Å². The average molecular weight is 353 g/mol. The van der Waals surface area contributed by atoms with Crippen LogP contribution in [0.15, 0.2) is 53.3 Å². The van der Waals surface area contributed by atoms with Gasteiger partial charge in [-0.05, 0) is 49.7 Å². The lowest BCUT2D eigenvalue weighted by Crippen LogP contribution is -2.31. The Balaban J connectivity index is 1.89. The fraction of sp³-hybridized carbons (Fsp3) is 0.286. The average Bonchev–Trinajstić information content (AvgIpc) is 2.66. The molecule has 1 saturated heterocycles. The first-order valence-corrected chi connectivity index (χ1v) is 9.22. The minimum absolute atomic E-state index is 0.0840. The molecule has 1 aliphatic rings. The third-order valence-corrected chi connectivity index (χ3v) is 5.19. The van der Waals surface area contributed by atoms with Crippen molar-refractivity contribution in [2.24, 2.45) is 0 Å². The number of aromatic nitrogens is 1. The number of piperidine rings is 1. The van der Waals surface area contributed by atoms with Crippen LogP contribution in [0.25, 0.3) is 22.2 Å². The molecule has 0 saturated carbocycles. The molecule has 1 N–H and O–H groups in total. The number of nitrogens with zero attached hydrogens (tertiary/aromatic N) is 1. The molecule has 0 radical (unpaired) electrons.